The van der Waals surface area contributed by atoms with Crippen LogP contribution >= 0.6 is 22.6 Å². The Hall–Kier alpha value is 0.160. The molecular weight excluding hydrogens is 211 g/mol. The highest BCUT2D eigenvalue weighted by Gasteiger charge is 2.08. The van der Waals surface area contributed by atoms with Crippen molar-refractivity contribution in [2.24, 2.45) is 0 Å². The molecule has 0 fully saturated rings. The average molecular weight is 216 g/mol. The zero-order chi connectivity index (χ0) is 5.86. The number of carboxylic acid groups (broad SMARTS) is 1. The molecule has 0 saturated heterocycles. The van der Waals surface area contributed by atoms with Crippen molar-refractivity contribution in [3.63, 3.8) is 0 Å². The second kappa shape index (κ2) is 3.20. The van der Waals surface area contributed by atoms with Crippen LogP contribution in [0, 0.1) is 0 Å². The Balaban J connectivity index is 3.34. The van der Waals surface area contributed by atoms with Gasteiger partial charge in [0.15, 0.2) is 6.10 Å². The molecule has 0 aromatic carbocycles. The smallest absolute Gasteiger partial charge is 0.333 e. The lowest BCUT2D eigenvalue weighted by Gasteiger charge is -1.94. The van der Waals surface area contributed by atoms with Gasteiger partial charge in [0, 0.05) is 4.43 Å². The lowest BCUT2D eigenvalue weighted by Crippen LogP contribution is -2.20. The molecule has 0 rings (SSSR count). The van der Waals surface area contributed by atoms with Crippen molar-refractivity contribution in [1.82, 2.24) is 0 Å². The number of carbonyl (C=O) groups is 1. The van der Waals surface area contributed by atoms with E-state index in [0.29, 0.717) is 0 Å². The van der Waals surface area contributed by atoms with Crippen LogP contribution in [-0.4, -0.2) is 26.7 Å². The molecule has 0 aliphatic heterocycles. The van der Waals surface area contributed by atoms with Gasteiger partial charge in [-0.25, -0.2) is 4.79 Å². The quantitative estimate of drug-likeness (QED) is 0.499. The van der Waals surface area contributed by atoms with Gasteiger partial charge in [-0.2, -0.15) is 0 Å². The van der Waals surface area contributed by atoms with Crippen LogP contribution in [0.1, 0.15) is 0 Å². The van der Waals surface area contributed by atoms with Gasteiger partial charge in [0.1, 0.15) is 0 Å². The molecule has 0 radical (unpaired) electrons. The van der Waals surface area contributed by atoms with Gasteiger partial charge < -0.3 is 10.2 Å². The molecule has 0 aromatic rings. The molecule has 2 N–H and O–H groups in total. The van der Waals surface area contributed by atoms with Gasteiger partial charge in [-0.3, -0.25) is 0 Å². The summed E-state index contributed by atoms with van der Waals surface area (Å²) >= 11 is 1.80. The number of aliphatic carboxylic acids is 1. The summed E-state index contributed by atoms with van der Waals surface area (Å²) in [6.45, 7) is 0. The van der Waals surface area contributed by atoms with Crippen LogP contribution in [0.3, 0.4) is 0 Å². The first-order valence-electron chi connectivity index (χ1n) is 1.65. The Labute approximate surface area is 54.5 Å². The summed E-state index contributed by atoms with van der Waals surface area (Å²) < 4.78 is 0.243. The van der Waals surface area contributed by atoms with Gasteiger partial charge in [0.05, 0.1) is 0 Å². The minimum atomic E-state index is -1.19. The molecule has 42 valence electrons. The molecule has 0 amide bonds. The molecule has 1 atom stereocenters. The molecule has 0 bridgehead atoms. The maximum atomic E-state index is 9.68. The number of aliphatic hydroxyl groups is 1. The van der Waals surface area contributed by atoms with Crippen LogP contribution in [-0.2, 0) is 4.79 Å². The van der Waals surface area contributed by atoms with Crippen LogP contribution in [0.15, 0.2) is 0 Å². The van der Waals surface area contributed by atoms with Crippen molar-refractivity contribution in [3.05, 3.63) is 0 Å². The summed E-state index contributed by atoms with van der Waals surface area (Å²) in [5, 5.41) is 16.3. The lowest BCUT2D eigenvalue weighted by molar-refractivity contribution is -0.145. The van der Waals surface area contributed by atoms with Crippen molar-refractivity contribution < 1.29 is 15.0 Å². The SMILES string of the molecule is O=C(O)[C@H](O)CI. The number of aliphatic hydroxyl groups excluding tert-OH is 1. The summed E-state index contributed by atoms with van der Waals surface area (Å²) in [7, 11) is 0. The predicted octanol–water partition coefficient (Wildman–Crippen LogP) is -0.133. The molecule has 7 heavy (non-hydrogen) atoms. The normalized spacial score (nSPS) is 13.4. The third kappa shape index (κ3) is 2.81. The zero-order valence-corrected chi connectivity index (χ0v) is 5.62. The van der Waals surface area contributed by atoms with E-state index in [0.717, 1.165) is 0 Å². The molecule has 0 spiro atoms. The Morgan fingerprint density at radius 1 is 1.86 bits per heavy atom. The third-order valence-corrected chi connectivity index (χ3v) is 1.27. The molecular formula is C3H5IO3. The van der Waals surface area contributed by atoms with Crippen molar-refractivity contribution >= 4 is 28.6 Å². The Bertz CT molecular complexity index is 72.6. The number of hydrogen-bond donors (Lipinski definition) is 2. The van der Waals surface area contributed by atoms with E-state index in [2.05, 4.69) is 0 Å². The van der Waals surface area contributed by atoms with Crippen molar-refractivity contribution in [2.75, 3.05) is 4.43 Å². The molecule has 0 unspecified atom stereocenters. The summed E-state index contributed by atoms with van der Waals surface area (Å²) in [5.74, 6) is -1.16. The zero-order valence-electron chi connectivity index (χ0n) is 3.47. The van der Waals surface area contributed by atoms with Crippen molar-refractivity contribution in [2.45, 2.75) is 6.10 Å². The van der Waals surface area contributed by atoms with E-state index < -0.39 is 12.1 Å². The van der Waals surface area contributed by atoms with E-state index >= 15 is 0 Å². The average Bonchev–Trinajstić information content (AvgIpc) is 1.65. The maximum Gasteiger partial charge on any atom is 0.333 e. The first-order chi connectivity index (χ1) is 3.18. The summed E-state index contributed by atoms with van der Waals surface area (Å²) in [5.41, 5.74) is 0. The number of hydrogen-bond acceptors (Lipinski definition) is 2. The van der Waals surface area contributed by atoms with Gasteiger partial charge in [-0.1, -0.05) is 22.6 Å². The third-order valence-electron chi connectivity index (χ3n) is 0.431. The van der Waals surface area contributed by atoms with E-state index in [1.807, 2.05) is 0 Å². The molecule has 0 aliphatic carbocycles. The van der Waals surface area contributed by atoms with Gasteiger partial charge in [-0.15, -0.1) is 0 Å². The van der Waals surface area contributed by atoms with E-state index in [1.165, 1.54) is 0 Å². The van der Waals surface area contributed by atoms with E-state index in [-0.39, 0.29) is 4.43 Å². The Morgan fingerprint density at radius 2 is 2.29 bits per heavy atom. The van der Waals surface area contributed by atoms with Gasteiger partial charge >= 0.3 is 5.97 Å². The minimum absolute atomic E-state index is 0.243. The largest absolute Gasteiger partial charge is 0.479 e. The molecule has 3 nitrogen and oxygen atoms in total. The van der Waals surface area contributed by atoms with Crippen LogP contribution in [0.25, 0.3) is 0 Å². The van der Waals surface area contributed by atoms with Gasteiger partial charge in [0.25, 0.3) is 0 Å². The number of halogens is 1. The number of rotatable bonds is 2. The van der Waals surface area contributed by atoms with Gasteiger partial charge in [-0.05, 0) is 0 Å². The van der Waals surface area contributed by atoms with Crippen LogP contribution in [0.5, 0.6) is 0 Å². The monoisotopic (exact) mass is 216 g/mol. The van der Waals surface area contributed by atoms with Crippen LogP contribution in [0.2, 0.25) is 0 Å². The van der Waals surface area contributed by atoms with Crippen LogP contribution < -0.4 is 0 Å². The fraction of sp³-hybridized carbons (Fsp3) is 0.667. The molecule has 4 heteroatoms. The van der Waals surface area contributed by atoms with E-state index in [9.17, 15) is 4.79 Å². The maximum absolute atomic E-state index is 9.68. The van der Waals surface area contributed by atoms with E-state index in [4.69, 9.17) is 10.2 Å². The highest BCUT2D eigenvalue weighted by Crippen LogP contribution is 1.88. The number of carboxylic acids is 1. The Kier molecular flexibility index (Phi) is 3.27. The standard InChI is InChI=1S/C3H5IO3/c4-1-2(5)3(6)7/h2,5H,1H2,(H,6,7)/t2-/m1/s1. The highest BCUT2D eigenvalue weighted by molar-refractivity contribution is 14.1. The molecule has 0 aliphatic rings. The molecule has 0 heterocycles. The fourth-order valence-corrected chi connectivity index (χ4v) is 0.443. The molecule has 0 saturated carbocycles. The first kappa shape index (κ1) is 7.16. The van der Waals surface area contributed by atoms with Crippen LogP contribution in [0.4, 0.5) is 0 Å². The highest BCUT2D eigenvalue weighted by atomic mass is 127. The molecule has 0 aromatic heterocycles. The number of alkyl halides is 1. The van der Waals surface area contributed by atoms with Gasteiger partial charge in [0.2, 0.25) is 0 Å². The fourth-order valence-electron chi connectivity index (χ4n) is 0.0660. The minimum Gasteiger partial charge on any atom is -0.479 e. The van der Waals surface area contributed by atoms with Crippen molar-refractivity contribution in [1.29, 1.82) is 0 Å². The Morgan fingerprint density at radius 3 is 2.29 bits per heavy atom. The first-order valence-corrected chi connectivity index (χ1v) is 3.18. The summed E-state index contributed by atoms with van der Waals surface area (Å²) in [6, 6.07) is 0. The second-order valence-electron chi connectivity index (χ2n) is 1.01. The summed E-state index contributed by atoms with van der Waals surface area (Å²) in [4.78, 5) is 9.68. The van der Waals surface area contributed by atoms with Crippen molar-refractivity contribution in [3.8, 4) is 0 Å². The second-order valence-corrected chi connectivity index (χ2v) is 1.89. The van der Waals surface area contributed by atoms with E-state index in [1.54, 1.807) is 22.6 Å². The topological polar surface area (TPSA) is 57.5 Å². The predicted molar refractivity (Wildman–Crippen MR) is 32.5 cm³/mol. The summed E-state index contributed by atoms with van der Waals surface area (Å²) in [6.07, 6.45) is -1.19. The lowest BCUT2D eigenvalue weighted by atomic mass is 10.4.